The molecule has 0 unspecified atom stereocenters. The minimum absolute atomic E-state index is 0.202. The van der Waals surface area contributed by atoms with E-state index in [-0.39, 0.29) is 5.82 Å². The number of aromatic hydroxyl groups is 1. The standard InChI is InChI=1S/C3H4N4O3/c4-2-1(8)3(6-5-2)7(9)10/h8H,(H3,4,5,6). The van der Waals surface area contributed by atoms with E-state index in [0.717, 1.165) is 0 Å². The van der Waals surface area contributed by atoms with Crippen molar-refractivity contribution >= 4 is 11.6 Å². The molecular formula is C3H4N4O3. The number of nitrogens with one attached hydrogen (secondary N) is 1. The third-order valence-electron chi connectivity index (χ3n) is 0.922. The first-order valence-electron chi connectivity index (χ1n) is 2.30. The van der Waals surface area contributed by atoms with Gasteiger partial charge in [0.05, 0.1) is 5.10 Å². The summed E-state index contributed by atoms with van der Waals surface area (Å²) in [7, 11) is 0. The van der Waals surface area contributed by atoms with Crippen molar-refractivity contribution in [2.45, 2.75) is 0 Å². The Labute approximate surface area is 54.6 Å². The Morgan fingerprint density at radius 1 is 1.80 bits per heavy atom. The van der Waals surface area contributed by atoms with Crippen molar-refractivity contribution in [1.29, 1.82) is 0 Å². The van der Waals surface area contributed by atoms with Crippen LogP contribution in [0.1, 0.15) is 0 Å². The lowest BCUT2D eigenvalue weighted by Crippen LogP contribution is -1.87. The molecule has 4 N–H and O–H groups in total. The summed E-state index contributed by atoms with van der Waals surface area (Å²) < 4.78 is 0. The van der Waals surface area contributed by atoms with Gasteiger partial charge in [-0.1, -0.05) is 0 Å². The van der Waals surface area contributed by atoms with E-state index < -0.39 is 16.5 Å². The molecule has 0 amide bonds. The Hall–Kier alpha value is -1.79. The fourth-order valence-electron chi connectivity index (χ4n) is 0.467. The summed E-state index contributed by atoms with van der Waals surface area (Å²) in [6.07, 6.45) is 0. The quantitative estimate of drug-likeness (QED) is 0.366. The van der Waals surface area contributed by atoms with E-state index in [2.05, 4.69) is 10.2 Å². The number of nitrogens with two attached hydrogens (primary N) is 1. The maximum Gasteiger partial charge on any atom is 0.434 e. The number of aromatic nitrogens is 2. The highest BCUT2D eigenvalue weighted by Gasteiger charge is 2.20. The van der Waals surface area contributed by atoms with E-state index in [4.69, 9.17) is 10.8 Å². The normalized spacial score (nSPS) is 9.60. The minimum Gasteiger partial charge on any atom is -0.498 e. The number of hydrogen-bond acceptors (Lipinski definition) is 5. The van der Waals surface area contributed by atoms with Crippen LogP contribution in [-0.2, 0) is 0 Å². The van der Waals surface area contributed by atoms with Gasteiger partial charge in [-0.2, -0.15) is 5.10 Å². The zero-order chi connectivity index (χ0) is 7.72. The van der Waals surface area contributed by atoms with E-state index in [9.17, 15) is 10.1 Å². The third kappa shape index (κ3) is 0.729. The highest BCUT2D eigenvalue weighted by molar-refractivity contribution is 5.54. The average Bonchev–Trinajstić information content (AvgIpc) is 2.14. The number of rotatable bonds is 1. The number of hydrogen-bond donors (Lipinski definition) is 3. The maximum atomic E-state index is 9.94. The number of nitro groups is 1. The lowest BCUT2D eigenvalue weighted by atomic mass is 10.5. The van der Waals surface area contributed by atoms with Crippen LogP contribution in [0.25, 0.3) is 0 Å². The van der Waals surface area contributed by atoms with Crippen LogP contribution in [0.3, 0.4) is 0 Å². The molecule has 0 saturated carbocycles. The average molecular weight is 144 g/mol. The van der Waals surface area contributed by atoms with Gasteiger partial charge in [-0.05, 0) is 4.92 Å². The predicted octanol–water partition coefficient (Wildman–Crippen LogP) is -0.394. The Morgan fingerprint density at radius 3 is 2.60 bits per heavy atom. The van der Waals surface area contributed by atoms with Crippen LogP contribution in [0.15, 0.2) is 0 Å². The number of nitrogen functional groups attached to an aromatic ring is 1. The molecular weight excluding hydrogens is 140 g/mol. The monoisotopic (exact) mass is 144 g/mol. The van der Waals surface area contributed by atoms with Crippen LogP contribution in [-0.4, -0.2) is 20.2 Å². The fraction of sp³-hybridized carbons (Fsp3) is 0. The van der Waals surface area contributed by atoms with E-state index in [1.54, 1.807) is 0 Å². The Balaban J connectivity index is 3.17. The van der Waals surface area contributed by atoms with Gasteiger partial charge in [-0.25, -0.2) is 0 Å². The van der Waals surface area contributed by atoms with Crippen LogP contribution in [0.4, 0.5) is 11.6 Å². The SMILES string of the molecule is Nc1[nH]nc([N+](=O)[O-])c1O. The molecule has 7 heteroatoms. The van der Waals surface area contributed by atoms with Crippen molar-refractivity contribution in [3.8, 4) is 5.75 Å². The molecule has 1 aromatic heterocycles. The van der Waals surface area contributed by atoms with Gasteiger partial charge in [0.1, 0.15) is 0 Å². The van der Waals surface area contributed by atoms with E-state index in [1.807, 2.05) is 0 Å². The summed E-state index contributed by atoms with van der Waals surface area (Å²) >= 11 is 0. The van der Waals surface area contributed by atoms with Crippen molar-refractivity contribution in [1.82, 2.24) is 10.2 Å². The van der Waals surface area contributed by atoms with E-state index >= 15 is 0 Å². The second-order valence-electron chi connectivity index (χ2n) is 1.57. The van der Waals surface area contributed by atoms with Crippen LogP contribution in [0, 0.1) is 10.1 Å². The van der Waals surface area contributed by atoms with Crippen molar-refractivity contribution in [3.63, 3.8) is 0 Å². The first-order valence-corrected chi connectivity index (χ1v) is 2.30. The Morgan fingerprint density at radius 2 is 2.40 bits per heavy atom. The van der Waals surface area contributed by atoms with Gasteiger partial charge in [-0.15, -0.1) is 0 Å². The lowest BCUT2D eigenvalue weighted by molar-refractivity contribution is -0.390. The summed E-state index contributed by atoms with van der Waals surface area (Å²) in [4.78, 5) is 9.11. The topological polar surface area (TPSA) is 118 Å². The van der Waals surface area contributed by atoms with Crippen LogP contribution in [0.2, 0.25) is 0 Å². The van der Waals surface area contributed by atoms with Crippen molar-refractivity contribution < 1.29 is 10.0 Å². The largest absolute Gasteiger partial charge is 0.498 e. The molecule has 0 aliphatic rings. The highest BCUT2D eigenvalue weighted by atomic mass is 16.6. The summed E-state index contributed by atoms with van der Waals surface area (Å²) in [5.74, 6) is -1.48. The molecule has 0 atom stereocenters. The molecule has 7 nitrogen and oxygen atoms in total. The molecule has 54 valence electrons. The van der Waals surface area contributed by atoms with E-state index in [0.29, 0.717) is 0 Å². The number of anilines is 1. The summed E-state index contributed by atoms with van der Waals surface area (Å²) in [6.45, 7) is 0. The second-order valence-corrected chi connectivity index (χ2v) is 1.57. The van der Waals surface area contributed by atoms with Gasteiger partial charge in [0.15, 0.2) is 5.82 Å². The molecule has 0 saturated heterocycles. The van der Waals surface area contributed by atoms with Gasteiger partial charge in [0, 0.05) is 0 Å². The summed E-state index contributed by atoms with van der Waals surface area (Å²) in [6, 6.07) is 0. The number of H-pyrrole nitrogens is 1. The Bertz CT molecular complexity index is 267. The second kappa shape index (κ2) is 1.87. The predicted molar refractivity (Wildman–Crippen MR) is 31.3 cm³/mol. The molecule has 0 aromatic carbocycles. The fourth-order valence-corrected chi connectivity index (χ4v) is 0.467. The van der Waals surface area contributed by atoms with Gasteiger partial charge < -0.3 is 21.0 Å². The van der Waals surface area contributed by atoms with E-state index in [1.165, 1.54) is 0 Å². The maximum absolute atomic E-state index is 9.94. The molecule has 10 heavy (non-hydrogen) atoms. The summed E-state index contributed by atoms with van der Waals surface area (Å²) in [5.41, 5.74) is 5.01. The smallest absolute Gasteiger partial charge is 0.434 e. The third-order valence-corrected chi connectivity index (χ3v) is 0.922. The molecule has 1 rings (SSSR count). The van der Waals surface area contributed by atoms with Gasteiger partial charge >= 0.3 is 5.82 Å². The van der Waals surface area contributed by atoms with Crippen molar-refractivity contribution in [2.24, 2.45) is 0 Å². The van der Waals surface area contributed by atoms with Crippen LogP contribution >= 0.6 is 0 Å². The molecule has 0 aliphatic heterocycles. The molecule has 0 radical (unpaired) electrons. The molecule has 1 aromatic rings. The van der Waals surface area contributed by atoms with Gasteiger partial charge in [-0.3, -0.25) is 0 Å². The summed E-state index contributed by atoms with van der Waals surface area (Å²) in [5, 5.41) is 23.9. The zero-order valence-corrected chi connectivity index (χ0v) is 4.74. The molecule has 0 aliphatic carbocycles. The van der Waals surface area contributed by atoms with Crippen LogP contribution in [0.5, 0.6) is 5.75 Å². The molecule has 1 heterocycles. The molecule has 0 spiro atoms. The zero-order valence-electron chi connectivity index (χ0n) is 4.74. The highest BCUT2D eigenvalue weighted by Crippen LogP contribution is 2.27. The first kappa shape index (κ1) is 6.33. The van der Waals surface area contributed by atoms with Crippen molar-refractivity contribution in [2.75, 3.05) is 5.73 Å². The molecule has 0 bridgehead atoms. The van der Waals surface area contributed by atoms with Crippen LogP contribution < -0.4 is 5.73 Å². The van der Waals surface area contributed by atoms with Gasteiger partial charge in [0.25, 0.3) is 5.75 Å². The lowest BCUT2D eigenvalue weighted by Gasteiger charge is -1.86. The molecule has 0 fully saturated rings. The number of nitrogens with zero attached hydrogens (tertiary/aromatic N) is 2. The van der Waals surface area contributed by atoms with Crippen molar-refractivity contribution in [3.05, 3.63) is 10.1 Å². The Kier molecular flexibility index (Phi) is 1.18. The number of aromatic amines is 1. The minimum atomic E-state index is -0.831. The van der Waals surface area contributed by atoms with Gasteiger partial charge in [0.2, 0.25) is 0 Å². The first-order chi connectivity index (χ1) is 4.63.